The Bertz CT molecular complexity index is 1050. The van der Waals surface area contributed by atoms with E-state index in [-0.39, 0.29) is 27.4 Å². The number of carbonyl (C=O) groups excluding carboxylic acids is 1. The van der Waals surface area contributed by atoms with Gasteiger partial charge in [0.2, 0.25) is 10.0 Å². The molecule has 0 radical (unpaired) electrons. The standard InChI is InChI=1S/C20H21ClN2O4S/c21-17-11-10-13(12-18(17)28(22,26)27)20(25)16-9-5-4-8-15(16)19(24)23(20)14-6-2-1-3-7-14/h4-5,8-12,14,25H,1-3,6-7H2,(H2,22,26,27). The van der Waals surface area contributed by atoms with Gasteiger partial charge in [0.05, 0.1) is 5.02 Å². The molecule has 2 aliphatic rings. The van der Waals surface area contributed by atoms with Gasteiger partial charge in [0, 0.05) is 22.7 Å². The summed E-state index contributed by atoms with van der Waals surface area (Å²) in [6.45, 7) is 0. The average molecular weight is 421 g/mol. The van der Waals surface area contributed by atoms with Gasteiger partial charge in [-0.25, -0.2) is 13.6 Å². The predicted molar refractivity (Wildman–Crippen MR) is 105 cm³/mol. The molecule has 1 unspecified atom stereocenters. The lowest BCUT2D eigenvalue weighted by atomic mass is 9.89. The SMILES string of the molecule is NS(=O)(=O)c1cc(C2(O)c3ccccc3C(=O)N2C2CCCCC2)ccc1Cl. The molecule has 3 N–H and O–H groups in total. The molecule has 0 bridgehead atoms. The monoisotopic (exact) mass is 420 g/mol. The molecular weight excluding hydrogens is 400 g/mol. The normalized spacial score (nSPS) is 23.1. The van der Waals surface area contributed by atoms with Crippen LogP contribution in [-0.2, 0) is 15.7 Å². The van der Waals surface area contributed by atoms with Gasteiger partial charge in [-0.05, 0) is 31.0 Å². The average Bonchev–Trinajstić information content (AvgIpc) is 2.90. The maximum Gasteiger partial charge on any atom is 0.257 e. The minimum absolute atomic E-state index is 0.0309. The van der Waals surface area contributed by atoms with Crippen LogP contribution in [0.25, 0.3) is 0 Å². The van der Waals surface area contributed by atoms with Crippen LogP contribution in [0, 0.1) is 0 Å². The van der Waals surface area contributed by atoms with Crippen LogP contribution < -0.4 is 5.14 Å². The molecule has 1 fully saturated rings. The van der Waals surface area contributed by atoms with Crippen molar-refractivity contribution in [2.75, 3.05) is 0 Å². The van der Waals surface area contributed by atoms with Crippen LogP contribution in [0.3, 0.4) is 0 Å². The number of carbonyl (C=O) groups is 1. The molecule has 6 nitrogen and oxygen atoms in total. The molecule has 2 aromatic carbocycles. The van der Waals surface area contributed by atoms with Crippen molar-refractivity contribution in [3.8, 4) is 0 Å². The fourth-order valence-electron chi connectivity index (χ4n) is 4.38. The Kier molecular flexibility index (Phi) is 4.74. The van der Waals surface area contributed by atoms with Crippen LogP contribution >= 0.6 is 11.6 Å². The minimum Gasteiger partial charge on any atom is -0.363 e. The topological polar surface area (TPSA) is 101 Å². The third-order valence-corrected chi connectivity index (χ3v) is 7.07. The van der Waals surface area contributed by atoms with E-state index in [2.05, 4.69) is 0 Å². The number of hydrogen-bond acceptors (Lipinski definition) is 4. The summed E-state index contributed by atoms with van der Waals surface area (Å²) < 4.78 is 23.9. The van der Waals surface area contributed by atoms with E-state index in [9.17, 15) is 18.3 Å². The van der Waals surface area contributed by atoms with Gasteiger partial charge in [-0.15, -0.1) is 0 Å². The predicted octanol–water partition coefficient (Wildman–Crippen LogP) is 2.97. The Morgan fingerprint density at radius 1 is 1.11 bits per heavy atom. The smallest absolute Gasteiger partial charge is 0.257 e. The Labute approximate surface area is 169 Å². The lowest BCUT2D eigenvalue weighted by Crippen LogP contribution is -2.51. The summed E-state index contributed by atoms with van der Waals surface area (Å²) in [7, 11) is -4.09. The first-order valence-electron chi connectivity index (χ1n) is 9.23. The Morgan fingerprint density at radius 2 is 1.79 bits per heavy atom. The molecule has 148 valence electrons. The van der Waals surface area contributed by atoms with Gasteiger partial charge in [0.1, 0.15) is 4.90 Å². The van der Waals surface area contributed by atoms with Crippen LogP contribution in [0.1, 0.15) is 53.6 Å². The zero-order chi connectivity index (χ0) is 20.1. The zero-order valence-corrected chi connectivity index (χ0v) is 16.7. The van der Waals surface area contributed by atoms with E-state index in [0.717, 1.165) is 32.1 Å². The molecule has 1 atom stereocenters. The van der Waals surface area contributed by atoms with E-state index in [1.807, 2.05) is 0 Å². The maximum atomic E-state index is 13.2. The Balaban J connectivity index is 1.94. The zero-order valence-electron chi connectivity index (χ0n) is 15.1. The van der Waals surface area contributed by atoms with Crippen LogP contribution in [0.5, 0.6) is 0 Å². The number of rotatable bonds is 3. The van der Waals surface area contributed by atoms with Crippen LogP contribution in [0.15, 0.2) is 47.4 Å². The number of fused-ring (bicyclic) bond motifs is 1. The van der Waals surface area contributed by atoms with Gasteiger partial charge < -0.3 is 5.11 Å². The number of nitrogens with zero attached hydrogens (tertiary/aromatic N) is 1. The number of amides is 1. The number of aliphatic hydroxyl groups is 1. The molecule has 0 spiro atoms. The molecule has 28 heavy (non-hydrogen) atoms. The van der Waals surface area contributed by atoms with E-state index >= 15 is 0 Å². The highest BCUT2D eigenvalue weighted by molar-refractivity contribution is 7.89. The molecule has 1 heterocycles. The van der Waals surface area contributed by atoms with Crippen LogP contribution in [-0.4, -0.2) is 30.4 Å². The molecule has 8 heteroatoms. The van der Waals surface area contributed by atoms with Crippen LogP contribution in [0.2, 0.25) is 5.02 Å². The van der Waals surface area contributed by atoms with Crippen molar-refractivity contribution < 1.29 is 18.3 Å². The van der Waals surface area contributed by atoms with Crippen molar-refractivity contribution >= 4 is 27.5 Å². The van der Waals surface area contributed by atoms with Crippen molar-refractivity contribution in [1.82, 2.24) is 4.90 Å². The third-order valence-electron chi connectivity index (χ3n) is 5.68. The second-order valence-corrected chi connectivity index (χ2v) is 9.31. The second-order valence-electron chi connectivity index (χ2n) is 7.37. The third kappa shape index (κ3) is 2.93. The molecular formula is C20H21ClN2O4S. The fourth-order valence-corrected chi connectivity index (χ4v) is 5.45. The van der Waals surface area contributed by atoms with Gasteiger partial charge in [0.15, 0.2) is 5.72 Å². The summed E-state index contributed by atoms with van der Waals surface area (Å²) in [5.74, 6) is -0.253. The summed E-state index contributed by atoms with van der Waals surface area (Å²) in [5.41, 5.74) is -0.666. The summed E-state index contributed by atoms with van der Waals surface area (Å²) in [5, 5.41) is 17.2. The van der Waals surface area contributed by atoms with E-state index in [1.165, 1.54) is 17.0 Å². The van der Waals surface area contributed by atoms with Crippen molar-refractivity contribution in [3.05, 3.63) is 64.2 Å². The minimum atomic E-state index is -4.09. The Morgan fingerprint density at radius 3 is 2.46 bits per heavy atom. The molecule has 0 aromatic heterocycles. The maximum absolute atomic E-state index is 13.2. The summed E-state index contributed by atoms with van der Waals surface area (Å²) >= 11 is 6.03. The first kappa shape index (κ1) is 19.4. The number of primary sulfonamides is 1. The highest BCUT2D eigenvalue weighted by Gasteiger charge is 2.52. The summed E-state index contributed by atoms with van der Waals surface area (Å²) in [6.07, 6.45) is 4.63. The lowest BCUT2D eigenvalue weighted by Gasteiger charge is -2.41. The Hall–Kier alpha value is -1.93. The lowest BCUT2D eigenvalue weighted by molar-refractivity contribution is -0.0757. The molecule has 1 aliphatic carbocycles. The number of benzene rings is 2. The number of nitrogens with two attached hydrogens (primary N) is 1. The van der Waals surface area contributed by atoms with Crippen molar-refractivity contribution in [2.45, 2.75) is 48.8 Å². The number of sulfonamides is 1. The molecule has 4 rings (SSSR count). The van der Waals surface area contributed by atoms with E-state index < -0.39 is 15.7 Å². The quantitative estimate of drug-likeness (QED) is 0.796. The fraction of sp³-hybridized carbons (Fsp3) is 0.350. The summed E-state index contributed by atoms with van der Waals surface area (Å²) in [4.78, 5) is 14.5. The van der Waals surface area contributed by atoms with Gasteiger partial charge in [0.25, 0.3) is 5.91 Å². The molecule has 1 amide bonds. The summed E-state index contributed by atoms with van der Waals surface area (Å²) in [6, 6.07) is 10.9. The molecule has 1 saturated carbocycles. The van der Waals surface area contributed by atoms with Crippen molar-refractivity contribution in [2.24, 2.45) is 5.14 Å². The van der Waals surface area contributed by atoms with Gasteiger partial charge in [-0.3, -0.25) is 9.69 Å². The van der Waals surface area contributed by atoms with Gasteiger partial charge in [-0.2, -0.15) is 0 Å². The first-order valence-corrected chi connectivity index (χ1v) is 11.2. The highest BCUT2D eigenvalue weighted by atomic mass is 35.5. The second kappa shape index (κ2) is 6.84. The number of halogens is 1. The van der Waals surface area contributed by atoms with Crippen molar-refractivity contribution in [3.63, 3.8) is 0 Å². The largest absolute Gasteiger partial charge is 0.363 e. The number of hydrogen-bond donors (Lipinski definition) is 2. The first-order chi connectivity index (χ1) is 13.2. The van der Waals surface area contributed by atoms with E-state index in [4.69, 9.17) is 16.7 Å². The molecule has 1 aliphatic heterocycles. The molecule has 2 aromatic rings. The van der Waals surface area contributed by atoms with Gasteiger partial charge >= 0.3 is 0 Å². The van der Waals surface area contributed by atoms with Crippen LogP contribution in [0.4, 0.5) is 0 Å². The molecule has 0 saturated heterocycles. The van der Waals surface area contributed by atoms with E-state index in [0.29, 0.717) is 11.1 Å². The van der Waals surface area contributed by atoms with Gasteiger partial charge in [-0.1, -0.05) is 55.1 Å². The highest BCUT2D eigenvalue weighted by Crippen LogP contribution is 2.46. The van der Waals surface area contributed by atoms with E-state index in [1.54, 1.807) is 30.3 Å². The van der Waals surface area contributed by atoms with Crippen molar-refractivity contribution in [1.29, 1.82) is 0 Å².